The van der Waals surface area contributed by atoms with Gasteiger partial charge in [0.25, 0.3) is 0 Å². The SMILES string of the molecule is O=C(CSc1nnc(-c2ccco2)n1-c1ccccc1Cl)NC1CCCCCC1. The van der Waals surface area contributed by atoms with Gasteiger partial charge in [-0.3, -0.25) is 9.36 Å². The van der Waals surface area contributed by atoms with Gasteiger partial charge in [-0.1, -0.05) is 61.2 Å². The van der Waals surface area contributed by atoms with Crippen molar-refractivity contribution >= 4 is 29.3 Å². The molecule has 1 amide bonds. The number of nitrogens with zero attached hydrogens (tertiary/aromatic N) is 3. The molecule has 0 spiro atoms. The van der Waals surface area contributed by atoms with Crippen LogP contribution in [-0.4, -0.2) is 32.5 Å². The minimum absolute atomic E-state index is 0.0233. The Bertz CT molecular complexity index is 950. The first-order valence-electron chi connectivity index (χ1n) is 9.89. The molecular weight excluding hydrogens is 408 g/mol. The largest absolute Gasteiger partial charge is 0.461 e. The molecule has 152 valence electrons. The Morgan fingerprint density at radius 1 is 1.14 bits per heavy atom. The zero-order valence-corrected chi connectivity index (χ0v) is 17.6. The summed E-state index contributed by atoms with van der Waals surface area (Å²) < 4.78 is 7.36. The van der Waals surface area contributed by atoms with E-state index in [9.17, 15) is 4.79 Å². The van der Waals surface area contributed by atoms with Gasteiger partial charge in [-0.2, -0.15) is 0 Å². The lowest BCUT2D eigenvalue weighted by Gasteiger charge is -2.16. The molecular formula is C21H23ClN4O2S. The maximum absolute atomic E-state index is 12.5. The number of hydrogen-bond acceptors (Lipinski definition) is 5. The summed E-state index contributed by atoms with van der Waals surface area (Å²) >= 11 is 7.78. The van der Waals surface area contributed by atoms with Crippen molar-refractivity contribution in [1.82, 2.24) is 20.1 Å². The molecule has 2 heterocycles. The van der Waals surface area contributed by atoms with Gasteiger partial charge in [-0.25, -0.2) is 0 Å². The lowest BCUT2D eigenvalue weighted by Crippen LogP contribution is -2.35. The van der Waals surface area contributed by atoms with Crippen LogP contribution in [-0.2, 0) is 4.79 Å². The van der Waals surface area contributed by atoms with E-state index in [2.05, 4.69) is 15.5 Å². The highest BCUT2D eigenvalue weighted by molar-refractivity contribution is 7.99. The molecule has 4 rings (SSSR count). The first-order valence-corrected chi connectivity index (χ1v) is 11.2. The van der Waals surface area contributed by atoms with E-state index < -0.39 is 0 Å². The van der Waals surface area contributed by atoms with Crippen LogP contribution < -0.4 is 5.32 Å². The summed E-state index contributed by atoms with van der Waals surface area (Å²) in [6.07, 6.45) is 8.61. The molecule has 2 aromatic heterocycles. The van der Waals surface area contributed by atoms with Crippen LogP contribution >= 0.6 is 23.4 Å². The van der Waals surface area contributed by atoms with Crippen molar-refractivity contribution in [3.63, 3.8) is 0 Å². The second kappa shape index (κ2) is 9.50. The lowest BCUT2D eigenvalue weighted by atomic mass is 10.1. The number of nitrogens with one attached hydrogen (secondary N) is 1. The van der Waals surface area contributed by atoms with Crippen molar-refractivity contribution in [2.45, 2.75) is 49.7 Å². The Kier molecular flexibility index (Phi) is 6.56. The Hall–Kier alpha value is -2.25. The van der Waals surface area contributed by atoms with E-state index >= 15 is 0 Å². The molecule has 6 nitrogen and oxygen atoms in total. The molecule has 0 radical (unpaired) electrons. The van der Waals surface area contributed by atoms with Crippen molar-refractivity contribution in [2.75, 3.05) is 5.75 Å². The van der Waals surface area contributed by atoms with Crippen LogP contribution in [0.4, 0.5) is 0 Å². The minimum Gasteiger partial charge on any atom is -0.461 e. The second-order valence-corrected chi connectivity index (χ2v) is 8.46. The van der Waals surface area contributed by atoms with Crippen LogP contribution in [0.1, 0.15) is 38.5 Å². The fourth-order valence-corrected chi connectivity index (χ4v) is 4.58. The number of furan rings is 1. The molecule has 1 saturated carbocycles. The van der Waals surface area contributed by atoms with Gasteiger partial charge in [0, 0.05) is 6.04 Å². The molecule has 0 bridgehead atoms. The average molecular weight is 431 g/mol. The fraction of sp³-hybridized carbons (Fsp3) is 0.381. The number of thioether (sulfide) groups is 1. The first kappa shape index (κ1) is 20.0. The Balaban J connectivity index is 1.53. The van der Waals surface area contributed by atoms with Crippen LogP contribution in [0.25, 0.3) is 17.3 Å². The van der Waals surface area contributed by atoms with Crippen molar-refractivity contribution in [3.05, 3.63) is 47.7 Å². The number of para-hydroxylation sites is 1. The molecule has 0 atom stereocenters. The van der Waals surface area contributed by atoms with E-state index in [0.29, 0.717) is 21.8 Å². The third-order valence-electron chi connectivity index (χ3n) is 5.02. The van der Waals surface area contributed by atoms with Crippen molar-refractivity contribution in [2.24, 2.45) is 0 Å². The third-order valence-corrected chi connectivity index (χ3v) is 6.27. The third kappa shape index (κ3) is 4.85. The van der Waals surface area contributed by atoms with Crippen LogP contribution in [0.5, 0.6) is 0 Å². The summed E-state index contributed by atoms with van der Waals surface area (Å²) in [5.41, 5.74) is 0.747. The molecule has 0 aliphatic heterocycles. The number of aromatic nitrogens is 3. The lowest BCUT2D eigenvalue weighted by molar-refractivity contribution is -0.119. The maximum atomic E-state index is 12.5. The van der Waals surface area contributed by atoms with Crippen molar-refractivity contribution < 1.29 is 9.21 Å². The molecule has 1 aliphatic carbocycles. The number of benzene rings is 1. The molecule has 1 aliphatic rings. The molecule has 1 fully saturated rings. The van der Waals surface area contributed by atoms with Gasteiger partial charge in [0.2, 0.25) is 11.7 Å². The number of rotatable bonds is 6. The highest BCUT2D eigenvalue weighted by atomic mass is 35.5. The van der Waals surface area contributed by atoms with Crippen LogP contribution in [0.3, 0.4) is 0 Å². The van der Waals surface area contributed by atoms with Gasteiger partial charge < -0.3 is 9.73 Å². The summed E-state index contributed by atoms with van der Waals surface area (Å²) in [5, 5.41) is 12.9. The number of halogens is 1. The van der Waals surface area contributed by atoms with Gasteiger partial charge in [0.15, 0.2) is 10.9 Å². The number of carbonyl (C=O) groups excluding carboxylic acids is 1. The summed E-state index contributed by atoms with van der Waals surface area (Å²) in [7, 11) is 0. The van der Waals surface area contributed by atoms with E-state index in [0.717, 1.165) is 18.5 Å². The molecule has 29 heavy (non-hydrogen) atoms. The van der Waals surface area contributed by atoms with E-state index in [1.807, 2.05) is 34.9 Å². The summed E-state index contributed by atoms with van der Waals surface area (Å²) in [5.74, 6) is 1.44. The standard InChI is InChI=1S/C21H23ClN4O2S/c22-16-10-5-6-11-17(16)26-20(18-12-7-13-28-18)24-25-21(26)29-14-19(27)23-15-8-3-1-2-4-9-15/h5-7,10-13,15H,1-4,8-9,14H2,(H,23,27). The predicted molar refractivity (Wildman–Crippen MR) is 114 cm³/mol. The average Bonchev–Trinajstić information content (AvgIpc) is 3.32. The van der Waals surface area contributed by atoms with E-state index in [4.69, 9.17) is 16.0 Å². The topological polar surface area (TPSA) is 73.0 Å². The molecule has 8 heteroatoms. The monoisotopic (exact) mass is 430 g/mol. The Labute approximate surface area is 179 Å². The van der Waals surface area contributed by atoms with Gasteiger partial charge in [0.05, 0.1) is 22.7 Å². The van der Waals surface area contributed by atoms with Crippen LogP contribution in [0, 0.1) is 0 Å². The predicted octanol–water partition coefficient (Wildman–Crippen LogP) is 5.11. The number of amides is 1. The van der Waals surface area contributed by atoms with Gasteiger partial charge >= 0.3 is 0 Å². The highest BCUT2D eigenvalue weighted by Gasteiger charge is 2.21. The number of carbonyl (C=O) groups is 1. The summed E-state index contributed by atoms with van der Waals surface area (Å²) in [6, 6.07) is 11.4. The van der Waals surface area contributed by atoms with Crippen LogP contribution in [0.15, 0.2) is 52.2 Å². The minimum atomic E-state index is 0.0233. The zero-order valence-electron chi connectivity index (χ0n) is 16.0. The maximum Gasteiger partial charge on any atom is 0.230 e. The van der Waals surface area contributed by atoms with Crippen molar-refractivity contribution in [3.8, 4) is 17.3 Å². The van der Waals surface area contributed by atoms with Crippen LogP contribution in [0.2, 0.25) is 5.02 Å². The number of hydrogen-bond donors (Lipinski definition) is 1. The van der Waals surface area contributed by atoms with Crippen molar-refractivity contribution in [1.29, 1.82) is 0 Å². The van der Waals surface area contributed by atoms with Gasteiger partial charge in [-0.15, -0.1) is 10.2 Å². The molecule has 1 N–H and O–H groups in total. The molecule has 0 unspecified atom stereocenters. The smallest absolute Gasteiger partial charge is 0.230 e. The fourth-order valence-electron chi connectivity index (χ4n) is 3.60. The Morgan fingerprint density at radius 3 is 2.66 bits per heavy atom. The summed E-state index contributed by atoms with van der Waals surface area (Å²) in [6.45, 7) is 0. The second-order valence-electron chi connectivity index (χ2n) is 7.11. The molecule has 1 aromatic carbocycles. The summed E-state index contributed by atoms with van der Waals surface area (Å²) in [4.78, 5) is 12.5. The zero-order chi connectivity index (χ0) is 20.1. The highest BCUT2D eigenvalue weighted by Crippen LogP contribution is 2.31. The van der Waals surface area contributed by atoms with Gasteiger partial charge in [0.1, 0.15) is 0 Å². The van der Waals surface area contributed by atoms with E-state index in [1.165, 1.54) is 37.4 Å². The molecule has 3 aromatic rings. The normalized spacial score (nSPS) is 15.2. The Morgan fingerprint density at radius 2 is 1.93 bits per heavy atom. The van der Waals surface area contributed by atoms with Gasteiger partial charge in [-0.05, 0) is 37.1 Å². The van der Waals surface area contributed by atoms with E-state index in [1.54, 1.807) is 12.3 Å². The first-order chi connectivity index (χ1) is 14.2. The van der Waals surface area contributed by atoms with E-state index in [-0.39, 0.29) is 17.7 Å². The quantitative estimate of drug-likeness (QED) is 0.434. The molecule has 0 saturated heterocycles.